The van der Waals surface area contributed by atoms with E-state index in [9.17, 15) is 9.18 Å². The molecule has 0 aliphatic carbocycles. The van der Waals surface area contributed by atoms with Crippen molar-refractivity contribution in [1.29, 1.82) is 0 Å². The van der Waals surface area contributed by atoms with Crippen molar-refractivity contribution in [2.45, 2.75) is 6.92 Å². The molecule has 1 amide bonds. The fraction of sp³-hybridized carbons (Fsp3) is 0.0588. The monoisotopic (exact) mass is 329 g/mol. The molecule has 3 rings (SSSR count). The van der Waals surface area contributed by atoms with Crippen LogP contribution in [0.1, 0.15) is 16.1 Å². The van der Waals surface area contributed by atoms with E-state index >= 15 is 0 Å². The standard InChI is InChI=1S/C17H13ClFN3O/c1-10-15(20-17(23)12-5-2-6-13(18)8-12)16(22-21-10)11-4-3-7-14(19)9-11/h2-9H,1H3,(H,20,23)(H,21,22). The largest absolute Gasteiger partial charge is 0.319 e. The van der Waals surface area contributed by atoms with Crippen molar-refractivity contribution in [2.75, 3.05) is 5.32 Å². The molecular formula is C17H13ClFN3O. The predicted octanol–water partition coefficient (Wildman–Crippen LogP) is 4.43. The van der Waals surface area contributed by atoms with Gasteiger partial charge < -0.3 is 5.32 Å². The molecule has 0 atom stereocenters. The Bertz CT molecular complexity index is 876. The fourth-order valence-corrected chi connectivity index (χ4v) is 2.43. The molecule has 1 aromatic heterocycles. The van der Waals surface area contributed by atoms with Gasteiger partial charge in [0, 0.05) is 16.1 Å². The number of aromatic nitrogens is 2. The number of hydrogen-bond acceptors (Lipinski definition) is 2. The summed E-state index contributed by atoms with van der Waals surface area (Å²) in [4.78, 5) is 12.4. The summed E-state index contributed by atoms with van der Waals surface area (Å²) in [7, 11) is 0. The van der Waals surface area contributed by atoms with Gasteiger partial charge in [0.05, 0.1) is 11.4 Å². The van der Waals surface area contributed by atoms with Crippen LogP contribution in [-0.2, 0) is 0 Å². The normalized spacial score (nSPS) is 10.6. The number of nitrogens with zero attached hydrogens (tertiary/aromatic N) is 1. The van der Waals surface area contributed by atoms with Crippen LogP contribution in [-0.4, -0.2) is 16.1 Å². The van der Waals surface area contributed by atoms with Crippen molar-refractivity contribution in [2.24, 2.45) is 0 Å². The van der Waals surface area contributed by atoms with Gasteiger partial charge in [-0.25, -0.2) is 4.39 Å². The molecule has 0 fully saturated rings. The summed E-state index contributed by atoms with van der Waals surface area (Å²) in [6.45, 7) is 1.78. The first-order chi connectivity index (χ1) is 11.0. The van der Waals surface area contributed by atoms with E-state index in [2.05, 4.69) is 15.5 Å². The third-order valence-electron chi connectivity index (χ3n) is 3.37. The molecule has 0 aliphatic heterocycles. The maximum absolute atomic E-state index is 13.4. The molecule has 0 aliphatic rings. The maximum atomic E-state index is 13.4. The van der Waals surface area contributed by atoms with E-state index in [0.717, 1.165) is 0 Å². The quantitative estimate of drug-likeness (QED) is 0.746. The summed E-state index contributed by atoms with van der Waals surface area (Å²) in [5, 5.41) is 10.3. The Morgan fingerprint density at radius 2 is 2.00 bits per heavy atom. The fourth-order valence-electron chi connectivity index (χ4n) is 2.24. The van der Waals surface area contributed by atoms with Crippen LogP contribution < -0.4 is 5.32 Å². The molecule has 23 heavy (non-hydrogen) atoms. The Balaban J connectivity index is 1.95. The summed E-state index contributed by atoms with van der Waals surface area (Å²) >= 11 is 5.91. The van der Waals surface area contributed by atoms with E-state index in [4.69, 9.17) is 11.6 Å². The summed E-state index contributed by atoms with van der Waals surface area (Å²) in [6, 6.07) is 12.7. The maximum Gasteiger partial charge on any atom is 0.255 e. The molecule has 0 bridgehead atoms. The van der Waals surface area contributed by atoms with E-state index in [1.54, 1.807) is 43.3 Å². The highest BCUT2D eigenvalue weighted by Crippen LogP contribution is 2.29. The van der Waals surface area contributed by atoms with Gasteiger partial charge in [-0.3, -0.25) is 9.89 Å². The Morgan fingerprint density at radius 3 is 2.74 bits per heavy atom. The van der Waals surface area contributed by atoms with Crippen molar-refractivity contribution < 1.29 is 9.18 Å². The Labute approximate surface area is 137 Å². The molecule has 0 unspecified atom stereocenters. The van der Waals surface area contributed by atoms with E-state index in [1.807, 2.05) is 0 Å². The molecule has 0 spiro atoms. The van der Waals surface area contributed by atoms with Crippen LogP contribution in [0.4, 0.5) is 10.1 Å². The first-order valence-corrected chi connectivity index (χ1v) is 7.30. The zero-order valence-electron chi connectivity index (χ0n) is 12.2. The van der Waals surface area contributed by atoms with Gasteiger partial charge in [0.2, 0.25) is 0 Å². The second kappa shape index (κ2) is 6.22. The van der Waals surface area contributed by atoms with Gasteiger partial charge in [0.1, 0.15) is 11.5 Å². The van der Waals surface area contributed by atoms with Crippen molar-refractivity contribution in [3.05, 3.63) is 70.6 Å². The average Bonchev–Trinajstić information content (AvgIpc) is 2.88. The van der Waals surface area contributed by atoms with Crippen LogP contribution in [0.2, 0.25) is 5.02 Å². The van der Waals surface area contributed by atoms with E-state index in [0.29, 0.717) is 33.2 Å². The van der Waals surface area contributed by atoms with Gasteiger partial charge in [0.15, 0.2) is 0 Å². The van der Waals surface area contributed by atoms with Crippen LogP contribution in [0.3, 0.4) is 0 Å². The van der Waals surface area contributed by atoms with E-state index in [1.165, 1.54) is 12.1 Å². The highest BCUT2D eigenvalue weighted by atomic mass is 35.5. The van der Waals surface area contributed by atoms with Crippen molar-refractivity contribution in [3.63, 3.8) is 0 Å². The summed E-state index contributed by atoms with van der Waals surface area (Å²) < 4.78 is 13.4. The van der Waals surface area contributed by atoms with Gasteiger partial charge in [0.25, 0.3) is 5.91 Å². The zero-order chi connectivity index (χ0) is 16.4. The first-order valence-electron chi connectivity index (χ1n) is 6.92. The third kappa shape index (κ3) is 3.24. The first kappa shape index (κ1) is 15.2. The second-order valence-electron chi connectivity index (χ2n) is 5.05. The molecule has 0 radical (unpaired) electrons. The van der Waals surface area contributed by atoms with E-state index in [-0.39, 0.29) is 11.7 Å². The lowest BCUT2D eigenvalue weighted by molar-refractivity contribution is 0.102. The molecule has 0 saturated carbocycles. The number of benzene rings is 2. The summed E-state index contributed by atoms with van der Waals surface area (Å²) in [6.07, 6.45) is 0. The minimum Gasteiger partial charge on any atom is -0.319 e. The molecule has 2 aromatic carbocycles. The van der Waals surface area contributed by atoms with Crippen LogP contribution in [0.15, 0.2) is 48.5 Å². The lowest BCUT2D eigenvalue weighted by atomic mass is 10.1. The average molecular weight is 330 g/mol. The number of halogens is 2. The summed E-state index contributed by atoms with van der Waals surface area (Å²) in [5.41, 5.74) is 2.69. The molecule has 0 saturated heterocycles. The highest BCUT2D eigenvalue weighted by Gasteiger charge is 2.16. The Morgan fingerprint density at radius 1 is 1.22 bits per heavy atom. The number of hydrogen-bond donors (Lipinski definition) is 2. The van der Waals surface area contributed by atoms with Crippen LogP contribution in [0.25, 0.3) is 11.3 Å². The van der Waals surface area contributed by atoms with Crippen LogP contribution >= 0.6 is 11.6 Å². The van der Waals surface area contributed by atoms with Crippen molar-refractivity contribution in [3.8, 4) is 11.3 Å². The Kier molecular flexibility index (Phi) is 4.12. The molecule has 4 nitrogen and oxygen atoms in total. The second-order valence-corrected chi connectivity index (χ2v) is 5.48. The molecule has 1 heterocycles. The van der Waals surface area contributed by atoms with Gasteiger partial charge in [-0.15, -0.1) is 0 Å². The van der Waals surface area contributed by atoms with Gasteiger partial charge in [-0.05, 0) is 37.3 Å². The topological polar surface area (TPSA) is 57.8 Å². The highest BCUT2D eigenvalue weighted by molar-refractivity contribution is 6.31. The molecule has 3 aromatic rings. The number of carbonyl (C=O) groups excluding carboxylic acids is 1. The SMILES string of the molecule is Cc1[nH]nc(-c2cccc(F)c2)c1NC(=O)c1cccc(Cl)c1. The third-order valence-corrected chi connectivity index (χ3v) is 3.61. The molecule has 6 heteroatoms. The number of aromatic amines is 1. The lowest BCUT2D eigenvalue weighted by Gasteiger charge is -2.07. The van der Waals surface area contributed by atoms with Crippen LogP contribution in [0.5, 0.6) is 0 Å². The number of carbonyl (C=O) groups is 1. The number of nitrogens with one attached hydrogen (secondary N) is 2. The zero-order valence-corrected chi connectivity index (χ0v) is 13.0. The van der Waals surface area contributed by atoms with Gasteiger partial charge in [-0.2, -0.15) is 5.10 Å². The van der Waals surface area contributed by atoms with Crippen molar-refractivity contribution in [1.82, 2.24) is 10.2 Å². The number of rotatable bonds is 3. The molecule has 116 valence electrons. The summed E-state index contributed by atoms with van der Waals surface area (Å²) in [5.74, 6) is -0.676. The number of aryl methyl sites for hydroxylation is 1. The van der Waals surface area contributed by atoms with Gasteiger partial charge >= 0.3 is 0 Å². The number of anilines is 1. The number of amides is 1. The van der Waals surface area contributed by atoms with E-state index < -0.39 is 0 Å². The lowest BCUT2D eigenvalue weighted by Crippen LogP contribution is -2.12. The minimum atomic E-state index is -0.365. The number of H-pyrrole nitrogens is 1. The minimum absolute atomic E-state index is 0.311. The Hall–Kier alpha value is -2.66. The molecule has 2 N–H and O–H groups in total. The molecular weight excluding hydrogens is 317 g/mol. The predicted molar refractivity (Wildman–Crippen MR) is 88.1 cm³/mol. The van der Waals surface area contributed by atoms with Crippen molar-refractivity contribution >= 4 is 23.2 Å². The van der Waals surface area contributed by atoms with Gasteiger partial charge in [-0.1, -0.05) is 29.8 Å². The van der Waals surface area contributed by atoms with Crippen LogP contribution in [0, 0.1) is 12.7 Å². The smallest absolute Gasteiger partial charge is 0.255 e.